The van der Waals surface area contributed by atoms with E-state index >= 15 is 0 Å². The number of nitrogens with zero attached hydrogens (tertiary/aromatic N) is 1. The molecule has 1 N–H and O–H groups in total. The SMILES string of the molecule is CC[N+]1=C(C=CNc2ccccc2)C(C)(C)c2c1ccc1ccccc21.Cc1ccc(S(=O)(=O)[O-])cc1. The number of benzene rings is 4. The van der Waals surface area contributed by atoms with E-state index in [1.165, 1.54) is 39.9 Å². The summed E-state index contributed by atoms with van der Waals surface area (Å²) >= 11 is 0. The second-order valence-electron chi connectivity index (χ2n) is 9.55. The standard InChI is InChI=1S/C24H24N2.C7H8O3S/c1-4-26-21-15-14-18-10-8-9-13-20(18)23(21)24(2,3)22(26)16-17-25-19-11-6-5-7-12-19;1-6-2-4-7(5-3-6)11(8,9)10/h5-17H,4H2,1-3H3;2-5H,1H3,(H,8,9,10). The summed E-state index contributed by atoms with van der Waals surface area (Å²) in [5.41, 5.74) is 6.08. The van der Waals surface area contributed by atoms with Gasteiger partial charge in [-0.15, -0.1) is 0 Å². The van der Waals surface area contributed by atoms with E-state index in [0.29, 0.717) is 0 Å². The van der Waals surface area contributed by atoms with Crippen molar-refractivity contribution in [3.8, 4) is 0 Å². The molecule has 0 aliphatic carbocycles. The Morgan fingerprint density at radius 1 is 0.892 bits per heavy atom. The van der Waals surface area contributed by atoms with Crippen molar-refractivity contribution in [3.63, 3.8) is 0 Å². The van der Waals surface area contributed by atoms with E-state index in [9.17, 15) is 13.0 Å². The molecule has 0 spiro atoms. The Bertz CT molecular complexity index is 1570. The van der Waals surface area contributed by atoms with Crippen molar-refractivity contribution in [2.45, 2.75) is 38.0 Å². The van der Waals surface area contributed by atoms with E-state index in [4.69, 9.17) is 0 Å². The maximum absolute atomic E-state index is 10.4. The molecule has 1 aliphatic heterocycles. The van der Waals surface area contributed by atoms with E-state index in [1.54, 1.807) is 12.1 Å². The lowest BCUT2D eigenvalue weighted by atomic mass is 9.79. The van der Waals surface area contributed by atoms with E-state index in [0.717, 1.165) is 17.8 Å². The average Bonchev–Trinajstić information content (AvgIpc) is 3.11. The Morgan fingerprint density at radius 2 is 1.54 bits per heavy atom. The van der Waals surface area contributed by atoms with Gasteiger partial charge in [0.2, 0.25) is 5.69 Å². The van der Waals surface area contributed by atoms with Gasteiger partial charge in [-0.2, -0.15) is 4.58 Å². The first kappa shape index (κ1) is 26.3. The number of aryl methyl sites for hydroxylation is 1. The summed E-state index contributed by atoms with van der Waals surface area (Å²) in [6.45, 7) is 9.66. The number of nitrogens with one attached hydrogen (secondary N) is 1. The van der Waals surface area contributed by atoms with Crippen LogP contribution >= 0.6 is 0 Å². The highest BCUT2D eigenvalue weighted by Crippen LogP contribution is 2.44. The van der Waals surface area contributed by atoms with Crippen LogP contribution in [0.5, 0.6) is 0 Å². The number of allylic oxidation sites excluding steroid dienone is 1. The first-order chi connectivity index (χ1) is 17.6. The van der Waals surface area contributed by atoms with Crippen molar-refractivity contribution in [2.75, 3.05) is 11.9 Å². The molecule has 0 unspecified atom stereocenters. The summed E-state index contributed by atoms with van der Waals surface area (Å²) in [5.74, 6) is 0. The van der Waals surface area contributed by atoms with E-state index in [2.05, 4.69) is 91.5 Å². The van der Waals surface area contributed by atoms with Gasteiger partial charge in [-0.25, -0.2) is 8.42 Å². The molecule has 4 aromatic carbocycles. The van der Waals surface area contributed by atoms with Crippen molar-refractivity contribution in [1.29, 1.82) is 0 Å². The monoisotopic (exact) mass is 512 g/mol. The molecule has 5 nitrogen and oxygen atoms in total. The molecule has 0 radical (unpaired) electrons. The minimum absolute atomic E-state index is 0.0406. The Kier molecular flexibility index (Phi) is 7.62. The second-order valence-corrected chi connectivity index (χ2v) is 10.9. The fourth-order valence-corrected chi connectivity index (χ4v) is 5.30. The number of anilines is 1. The normalized spacial score (nSPS) is 14.4. The van der Waals surface area contributed by atoms with Crippen molar-refractivity contribution < 1.29 is 17.5 Å². The van der Waals surface area contributed by atoms with Gasteiger partial charge in [0.1, 0.15) is 16.7 Å². The van der Waals surface area contributed by atoms with Crippen molar-refractivity contribution >= 4 is 38.0 Å². The smallest absolute Gasteiger partial charge is 0.210 e. The Morgan fingerprint density at radius 3 is 2.19 bits per heavy atom. The summed E-state index contributed by atoms with van der Waals surface area (Å²) in [7, 11) is -4.27. The zero-order valence-electron chi connectivity index (χ0n) is 21.6. The van der Waals surface area contributed by atoms with Gasteiger partial charge in [-0.05, 0) is 68.8 Å². The Balaban J connectivity index is 0.000000245. The minimum Gasteiger partial charge on any atom is -0.744 e. The maximum atomic E-state index is 10.4. The molecule has 0 fully saturated rings. The highest BCUT2D eigenvalue weighted by molar-refractivity contribution is 7.85. The fraction of sp³-hybridized carbons (Fsp3) is 0.194. The number of fused-ring (bicyclic) bond motifs is 3. The Labute approximate surface area is 219 Å². The lowest BCUT2D eigenvalue weighted by Gasteiger charge is -2.17. The minimum atomic E-state index is -4.27. The van der Waals surface area contributed by atoms with Gasteiger partial charge in [0.15, 0.2) is 5.71 Å². The van der Waals surface area contributed by atoms with Crippen molar-refractivity contribution in [2.24, 2.45) is 0 Å². The zero-order valence-corrected chi connectivity index (χ0v) is 22.4. The first-order valence-corrected chi connectivity index (χ1v) is 13.7. The van der Waals surface area contributed by atoms with Crippen LogP contribution in [-0.4, -0.2) is 29.8 Å². The number of hydrogen-bond acceptors (Lipinski definition) is 4. The van der Waals surface area contributed by atoms with Crippen LogP contribution in [0.4, 0.5) is 11.4 Å². The van der Waals surface area contributed by atoms with Crippen LogP contribution in [0.2, 0.25) is 0 Å². The van der Waals surface area contributed by atoms with Crippen LogP contribution in [0.15, 0.2) is 108 Å². The van der Waals surface area contributed by atoms with Crippen molar-refractivity contribution in [3.05, 3.63) is 114 Å². The predicted octanol–water partition coefficient (Wildman–Crippen LogP) is 6.76. The highest BCUT2D eigenvalue weighted by atomic mass is 32.2. The maximum Gasteiger partial charge on any atom is 0.210 e. The van der Waals surface area contributed by atoms with Gasteiger partial charge < -0.3 is 9.87 Å². The Hall–Kier alpha value is -3.74. The van der Waals surface area contributed by atoms with Crippen molar-refractivity contribution in [1.82, 2.24) is 0 Å². The number of rotatable bonds is 5. The predicted molar refractivity (Wildman–Crippen MR) is 151 cm³/mol. The third-order valence-electron chi connectivity index (χ3n) is 6.64. The second kappa shape index (κ2) is 10.7. The van der Waals surface area contributed by atoms with Crippen LogP contribution in [0.3, 0.4) is 0 Å². The van der Waals surface area contributed by atoms with Gasteiger partial charge in [-0.1, -0.05) is 60.2 Å². The molecule has 5 rings (SSSR count). The molecule has 4 aromatic rings. The molecule has 37 heavy (non-hydrogen) atoms. The molecule has 0 saturated heterocycles. The van der Waals surface area contributed by atoms with Gasteiger partial charge in [0.05, 0.1) is 10.3 Å². The van der Waals surface area contributed by atoms with Gasteiger partial charge >= 0.3 is 0 Å². The molecule has 0 bridgehead atoms. The highest BCUT2D eigenvalue weighted by Gasteiger charge is 2.44. The summed E-state index contributed by atoms with van der Waals surface area (Å²) < 4.78 is 33.6. The summed E-state index contributed by atoms with van der Waals surface area (Å²) in [6.07, 6.45) is 4.29. The van der Waals surface area contributed by atoms with Crippen LogP contribution < -0.4 is 5.32 Å². The number of hydrogen-bond donors (Lipinski definition) is 1. The van der Waals surface area contributed by atoms with E-state index in [1.807, 2.05) is 25.1 Å². The van der Waals surface area contributed by atoms with Crippen LogP contribution in [0.1, 0.15) is 31.9 Å². The molecule has 1 aliphatic rings. The number of para-hydroxylation sites is 1. The first-order valence-electron chi connectivity index (χ1n) is 12.3. The van der Waals surface area contributed by atoms with Crippen LogP contribution in [0, 0.1) is 6.92 Å². The fourth-order valence-electron chi connectivity index (χ4n) is 4.83. The molecular formula is C31H32N2O3S. The molecule has 0 atom stereocenters. The average molecular weight is 513 g/mol. The van der Waals surface area contributed by atoms with Crippen LogP contribution in [-0.2, 0) is 15.5 Å². The quantitative estimate of drug-likeness (QED) is 0.237. The summed E-state index contributed by atoms with van der Waals surface area (Å²) in [4.78, 5) is -0.178. The molecule has 190 valence electrons. The molecule has 6 heteroatoms. The molecular weight excluding hydrogens is 480 g/mol. The summed E-state index contributed by atoms with van der Waals surface area (Å²) in [5, 5.41) is 6.05. The van der Waals surface area contributed by atoms with Gasteiger partial charge in [0.25, 0.3) is 0 Å². The van der Waals surface area contributed by atoms with E-state index < -0.39 is 10.1 Å². The zero-order chi connectivity index (χ0) is 26.6. The molecule has 1 heterocycles. The third kappa shape index (κ3) is 5.66. The van der Waals surface area contributed by atoms with Crippen LogP contribution in [0.25, 0.3) is 10.8 Å². The topological polar surface area (TPSA) is 72.2 Å². The van der Waals surface area contributed by atoms with Gasteiger partial charge in [0, 0.05) is 29.6 Å². The summed E-state index contributed by atoms with van der Waals surface area (Å²) in [6, 6.07) is 29.3. The van der Waals surface area contributed by atoms with Gasteiger partial charge in [-0.3, -0.25) is 0 Å². The van der Waals surface area contributed by atoms with E-state index in [-0.39, 0.29) is 10.3 Å². The third-order valence-corrected chi connectivity index (χ3v) is 7.49. The molecule has 0 amide bonds. The molecule has 0 aromatic heterocycles. The molecule has 0 saturated carbocycles. The lowest BCUT2D eigenvalue weighted by Crippen LogP contribution is -2.28. The largest absolute Gasteiger partial charge is 0.744 e. The lowest BCUT2D eigenvalue weighted by molar-refractivity contribution is -0.433.